The smallest absolute Gasteiger partial charge is 0.0490 e. The topological polar surface area (TPSA) is 20.2 Å². The van der Waals surface area contributed by atoms with Gasteiger partial charge in [-0.3, -0.25) is 0 Å². The third-order valence-electron chi connectivity index (χ3n) is 4.62. The van der Waals surface area contributed by atoms with Gasteiger partial charge in [0.2, 0.25) is 0 Å². The lowest BCUT2D eigenvalue weighted by Crippen LogP contribution is -2.18. The molecule has 0 bridgehead atoms. The molecule has 1 nitrogen and oxygen atoms in total. The van der Waals surface area contributed by atoms with Crippen LogP contribution in [0.3, 0.4) is 0 Å². The zero-order valence-electron chi connectivity index (χ0n) is 9.83. The Morgan fingerprint density at radius 1 is 1.27 bits per heavy atom. The van der Waals surface area contributed by atoms with Crippen molar-refractivity contribution in [2.45, 2.75) is 33.1 Å². The molecule has 1 heteroatoms. The fraction of sp³-hybridized carbons (Fsp3) is 0.571. The standard InChI is InChI=1S/C14H20O/c1-11(12-7-5-4-6-8-12)14(3)9-13(14,2)10-15/h4-8,11,15H,9-10H2,1-3H3/t11-,13-,14+/m1/s1. The highest BCUT2D eigenvalue weighted by atomic mass is 16.3. The molecule has 0 saturated heterocycles. The molecule has 1 aliphatic carbocycles. The van der Waals surface area contributed by atoms with Gasteiger partial charge in [0.25, 0.3) is 0 Å². The van der Waals surface area contributed by atoms with Gasteiger partial charge < -0.3 is 5.11 Å². The minimum atomic E-state index is 0.127. The molecule has 0 amide bonds. The second-order valence-corrected chi connectivity index (χ2v) is 5.45. The van der Waals surface area contributed by atoms with Gasteiger partial charge in [-0.05, 0) is 28.7 Å². The fourth-order valence-corrected chi connectivity index (χ4v) is 2.79. The lowest BCUT2D eigenvalue weighted by molar-refractivity contribution is 0.180. The second-order valence-electron chi connectivity index (χ2n) is 5.45. The summed E-state index contributed by atoms with van der Waals surface area (Å²) in [5.41, 5.74) is 1.78. The number of aliphatic hydroxyl groups is 1. The van der Waals surface area contributed by atoms with Crippen LogP contribution in [-0.4, -0.2) is 11.7 Å². The fourth-order valence-electron chi connectivity index (χ4n) is 2.79. The van der Waals surface area contributed by atoms with Gasteiger partial charge in [0.15, 0.2) is 0 Å². The van der Waals surface area contributed by atoms with Gasteiger partial charge in [0.1, 0.15) is 0 Å². The summed E-state index contributed by atoms with van der Waals surface area (Å²) in [5.74, 6) is 0.524. The van der Waals surface area contributed by atoms with Crippen molar-refractivity contribution < 1.29 is 5.11 Å². The number of aliphatic hydroxyl groups excluding tert-OH is 1. The Balaban J connectivity index is 2.21. The lowest BCUT2D eigenvalue weighted by atomic mass is 9.80. The largest absolute Gasteiger partial charge is 0.396 e. The molecular formula is C14H20O. The van der Waals surface area contributed by atoms with Crippen LogP contribution in [-0.2, 0) is 0 Å². The quantitative estimate of drug-likeness (QED) is 0.801. The minimum absolute atomic E-state index is 0.127. The average molecular weight is 204 g/mol. The maximum Gasteiger partial charge on any atom is 0.0490 e. The van der Waals surface area contributed by atoms with E-state index in [-0.39, 0.29) is 10.8 Å². The highest BCUT2D eigenvalue weighted by Gasteiger charge is 2.62. The number of benzene rings is 1. The van der Waals surface area contributed by atoms with Crippen molar-refractivity contribution in [1.29, 1.82) is 0 Å². The Bertz CT molecular complexity index is 346. The first-order chi connectivity index (χ1) is 7.03. The highest BCUT2D eigenvalue weighted by Crippen LogP contribution is 2.69. The summed E-state index contributed by atoms with van der Waals surface area (Å²) >= 11 is 0. The second kappa shape index (κ2) is 3.34. The summed E-state index contributed by atoms with van der Waals surface area (Å²) in [6.45, 7) is 7.06. The summed E-state index contributed by atoms with van der Waals surface area (Å²) in [7, 11) is 0. The first kappa shape index (κ1) is 10.7. The van der Waals surface area contributed by atoms with Crippen molar-refractivity contribution in [3.05, 3.63) is 35.9 Å². The third-order valence-corrected chi connectivity index (χ3v) is 4.62. The van der Waals surface area contributed by atoms with Crippen LogP contribution in [0.15, 0.2) is 30.3 Å². The average Bonchev–Trinajstić information content (AvgIpc) is 2.84. The van der Waals surface area contributed by atoms with Gasteiger partial charge in [-0.1, -0.05) is 51.1 Å². The van der Waals surface area contributed by atoms with E-state index in [2.05, 4.69) is 51.1 Å². The number of hydrogen-bond donors (Lipinski definition) is 1. The Labute approximate surface area is 92.1 Å². The van der Waals surface area contributed by atoms with Crippen molar-refractivity contribution in [3.63, 3.8) is 0 Å². The van der Waals surface area contributed by atoms with Crippen LogP contribution in [0.2, 0.25) is 0 Å². The van der Waals surface area contributed by atoms with Crippen molar-refractivity contribution >= 4 is 0 Å². The summed E-state index contributed by atoms with van der Waals surface area (Å²) in [6, 6.07) is 10.6. The highest BCUT2D eigenvalue weighted by molar-refractivity contribution is 5.27. The maximum atomic E-state index is 9.40. The Morgan fingerprint density at radius 2 is 1.87 bits per heavy atom. The van der Waals surface area contributed by atoms with Gasteiger partial charge in [-0.25, -0.2) is 0 Å². The van der Waals surface area contributed by atoms with Crippen molar-refractivity contribution in [2.24, 2.45) is 10.8 Å². The summed E-state index contributed by atoms with van der Waals surface area (Å²) in [5, 5.41) is 9.40. The van der Waals surface area contributed by atoms with Crippen LogP contribution < -0.4 is 0 Å². The molecule has 1 aromatic rings. The van der Waals surface area contributed by atoms with E-state index in [0.717, 1.165) is 6.42 Å². The monoisotopic (exact) mass is 204 g/mol. The van der Waals surface area contributed by atoms with Crippen molar-refractivity contribution in [2.75, 3.05) is 6.61 Å². The predicted molar refractivity (Wildman–Crippen MR) is 62.8 cm³/mol. The van der Waals surface area contributed by atoms with E-state index < -0.39 is 0 Å². The predicted octanol–water partition coefficient (Wildman–Crippen LogP) is 3.20. The van der Waals surface area contributed by atoms with Gasteiger partial charge in [0.05, 0.1) is 0 Å². The Kier molecular flexibility index (Phi) is 2.38. The Hall–Kier alpha value is -0.820. The molecule has 2 rings (SSSR count). The van der Waals surface area contributed by atoms with Gasteiger partial charge in [-0.15, -0.1) is 0 Å². The molecule has 0 heterocycles. The molecular weight excluding hydrogens is 184 g/mol. The number of hydrogen-bond acceptors (Lipinski definition) is 1. The van der Waals surface area contributed by atoms with Crippen LogP contribution in [0.1, 0.15) is 38.7 Å². The molecule has 1 saturated carbocycles. The summed E-state index contributed by atoms with van der Waals surface area (Å²) in [4.78, 5) is 0. The van der Waals surface area contributed by atoms with E-state index >= 15 is 0 Å². The zero-order chi connectivity index (χ0) is 11.1. The van der Waals surface area contributed by atoms with Crippen LogP contribution in [0.5, 0.6) is 0 Å². The third kappa shape index (κ3) is 1.50. The molecule has 0 unspecified atom stereocenters. The molecule has 0 radical (unpaired) electrons. The van der Waals surface area contributed by atoms with Gasteiger partial charge in [0, 0.05) is 6.61 Å². The zero-order valence-corrected chi connectivity index (χ0v) is 9.83. The molecule has 82 valence electrons. The van der Waals surface area contributed by atoms with E-state index in [1.54, 1.807) is 0 Å². The van der Waals surface area contributed by atoms with Gasteiger partial charge in [-0.2, -0.15) is 0 Å². The van der Waals surface area contributed by atoms with Crippen LogP contribution >= 0.6 is 0 Å². The van der Waals surface area contributed by atoms with Gasteiger partial charge >= 0.3 is 0 Å². The van der Waals surface area contributed by atoms with E-state index in [1.807, 2.05) is 0 Å². The molecule has 15 heavy (non-hydrogen) atoms. The van der Waals surface area contributed by atoms with Crippen LogP contribution in [0.25, 0.3) is 0 Å². The maximum absolute atomic E-state index is 9.40. The summed E-state index contributed by atoms with van der Waals surface area (Å²) < 4.78 is 0. The van der Waals surface area contributed by atoms with Crippen LogP contribution in [0, 0.1) is 10.8 Å². The summed E-state index contributed by atoms with van der Waals surface area (Å²) in [6.07, 6.45) is 1.13. The minimum Gasteiger partial charge on any atom is -0.396 e. The molecule has 3 atom stereocenters. The molecule has 1 N–H and O–H groups in total. The van der Waals surface area contributed by atoms with E-state index in [4.69, 9.17) is 0 Å². The van der Waals surface area contributed by atoms with Crippen LogP contribution in [0.4, 0.5) is 0 Å². The first-order valence-electron chi connectivity index (χ1n) is 5.69. The van der Waals surface area contributed by atoms with E-state index in [1.165, 1.54) is 5.56 Å². The SMILES string of the molecule is C[C@H](c1ccccc1)[C@]1(C)C[C@]1(C)CO. The molecule has 1 aromatic carbocycles. The lowest BCUT2D eigenvalue weighted by Gasteiger charge is -2.24. The molecule has 0 aliphatic heterocycles. The Morgan fingerprint density at radius 3 is 2.33 bits per heavy atom. The number of rotatable bonds is 3. The van der Waals surface area contributed by atoms with Crippen molar-refractivity contribution in [1.82, 2.24) is 0 Å². The first-order valence-corrected chi connectivity index (χ1v) is 5.69. The van der Waals surface area contributed by atoms with Crippen molar-refractivity contribution in [3.8, 4) is 0 Å². The molecule has 0 aromatic heterocycles. The molecule has 0 spiro atoms. The normalized spacial score (nSPS) is 36.3. The molecule has 1 fully saturated rings. The van der Waals surface area contributed by atoms with E-state index in [0.29, 0.717) is 12.5 Å². The molecule has 1 aliphatic rings. The van der Waals surface area contributed by atoms with E-state index in [9.17, 15) is 5.11 Å².